The number of aliphatic hydroxyl groups is 2. The van der Waals surface area contributed by atoms with Crippen molar-refractivity contribution in [3.8, 4) is 44.9 Å². The van der Waals surface area contributed by atoms with Gasteiger partial charge in [-0.05, 0) is 48.2 Å². The fourth-order valence-corrected chi connectivity index (χ4v) is 8.35. The second-order valence-corrected chi connectivity index (χ2v) is 14.6. The average molecular weight is 744 g/mol. The molecule has 12 heteroatoms. The molecular weight excluding hydrogens is 703 g/mol. The maximum atomic E-state index is 12.8. The van der Waals surface area contributed by atoms with E-state index >= 15 is 0 Å². The van der Waals surface area contributed by atoms with Crippen molar-refractivity contribution in [2.45, 2.75) is 25.0 Å². The molecule has 0 bridgehead atoms. The van der Waals surface area contributed by atoms with Gasteiger partial charge < -0.3 is 29.5 Å². The van der Waals surface area contributed by atoms with Crippen molar-refractivity contribution in [2.24, 2.45) is 0 Å². The van der Waals surface area contributed by atoms with Gasteiger partial charge in [0, 0.05) is 74.6 Å². The van der Waals surface area contributed by atoms with E-state index in [-0.39, 0.29) is 37.2 Å². The van der Waals surface area contributed by atoms with Gasteiger partial charge in [-0.1, -0.05) is 71.7 Å². The summed E-state index contributed by atoms with van der Waals surface area (Å²) in [5, 5.41) is 20.9. The van der Waals surface area contributed by atoms with Gasteiger partial charge in [-0.15, -0.1) is 0 Å². The van der Waals surface area contributed by atoms with Gasteiger partial charge in [0.15, 0.2) is 13.2 Å². The third-order valence-electron chi connectivity index (χ3n) is 10.5. The van der Waals surface area contributed by atoms with Crippen LogP contribution in [-0.4, -0.2) is 110 Å². The summed E-state index contributed by atoms with van der Waals surface area (Å²) in [7, 11) is 0. The lowest BCUT2D eigenvalue weighted by Crippen LogP contribution is -2.43. The molecule has 4 aliphatic heterocycles. The van der Waals surface area contributed by atoms with Crippen LogP contribution in [0.15, 0.2) is 72.8 Å². The SMILES string of the molecule is O=C1COc2cc(-c3cccc(-c4cccc(-c5ccc6c(c5)OCC(=O)N6CCN5CC[C@H](O)C5)c4Cl)c3Cl)ccc2N1CCN1CC[C@H](O)C1. The van der Waals surface area contributed by atoms with Crippen LogP contribution in [0.3, 0.4) is 0 Å². The number of halogens is 2. The number of hydrogen-bond donors (Lipinski definition) is 2. The number of likely N-dealkylation sites (tertiary alicyclic amines) is 2. The fourth-order valence-electron chi connectivity index (χ4n) is 7.67. The molecule has 8 rings (SSSR count). The first-order chi connectivity index (χ1) is 25.2. The van der Waals surface area contributed by atoms with Gasteiger partial charge in [0.2, 0.25) is 0 Å². The summed E-state index contributed by atoms with van der Waals surface area (Å²) in [6, 6.07) is 23.2. The van der Waals surface area contributed by atoms with Gasteiger partial charge in [0.25, 0.3) is 11.8 Å². The van der Waals surface area contributed by atoms with E-state index < -0.39 is 0 Å². The first-order valence-electron chi connectivity index (χ1n) is 17.8. The normalized spacial score (nSPS) is 20.5. The smallest absolute Gasteiger partial charge is 0.265 e. The van der Waals surface area contributed by atoms with Crippen LogP contribution in [0.1, 0.15) is 12.8 Å². The molecule has 10 nitrogen and oxygen atoms in total. The molecule has 2 fully saturated rings. The molecule has 4 aromatic rings. The molecule has 0 aliphatic carbocycles. The Morgan fingerprint density at radius 3 is 1.42 bits per heavy atom. The Hall–Kier alpha value is -4.16. The van der Waals surface area contributed by atoms with E-state index in [0.29, 0.717) is 60.8 Å². The summed E-state index contributed by atoms with van der Waals surface area (Å²) in [5.41, 5.74) is 6.28. The van der Waals surface area contributed by atoms with Gasteiger partial charge >= 0.3 is 0 Å². The predicted molar refractivity (Wildman–Crippen MR) is 203 cm³/mol. The molecule has 0 spiro atoms. The Morgan fingerprint density at radius 1 is 0.596 bits per heavy atom. The summed E-state index contributed by atoms with van der Waals surface area (Å²) in [5.74, 6) is 1.05. The van der Waals surface area contributed by atoms with E-state index in [1.54, 1.807) is 9.80 Å². The number of ether oxygens (including phenoxy) is 2. The standard InChI is InChI=1S/C40H40Cl2N4O6/c41-39-29(25-7-9-33-35(19-25)51-23-37(49)45(33)17-15-43-13-11-27(47)21-43)3-1-5-31(39)32-6-2-4-30(40(32)42)26-8-10-34-36(20-26)52-24-38(50)46(34)18-16-44-14-12-28(48)22-44/h1-10,19-20,27-28,47-48H,11-18,21-24H2/t27-,28-/m0/s1. The number of nitrogens with zero attached hydrogens (tertiary/aromatic N) is 4. The quantitative estimate of drug-likeness (QED) is 0.229. The Balaban J connectivity index is 1.04. The minimum atomic E-state index is -0.307. The number of anilines is 2. The second kappa shape index (κ2) is 14.7. The second-order valence-electron chi connectivity index (χ2n) is 13.9. The number of rotatable bonds is 9. The van der Waals surface area contributed by atoms with Crippen molar-refractivity contribution in [2.75, 3.05) is 75.4 Å². The molecule has 2 atom stereocenters. The van der Waals surface area contributed by atoms with Crippen LogP contribution in [0.2, 0.25) is 10.0 Å². The van der Waals surface area contributed by atoms with E-state index in [4.69, 9.17) is 32.7 Å². The number of carbonyl (C=O) groups excluding carboxylic acids is 2. The van der Waals surface area contributed by atoms with Crippen LogP contribution in [0, 0.1) is 0 Å². The highest BCUT2D eigenvalue weighted by molar-refractivity contribution is 6.39. The van der Waals surface area contributed by atoms with Crippen LogP contribution in [-0.2, 0) is 9.59 Å². The minimum absolute atomic E-state index is 0.0407. The van der Waals surface area contributed by atoms with E-state index in [1.807, 2.05) is 72.8 Å². The van der Waals surface area contributed by atoms with Gasteiger partial charge in [0.05, 0.1) is 33.6 Å². The molecule has 0 saturated carbocycles. The number of fused-ring (bicyclic) bond motifs is 2. The zero-order valence-corrected chi connectivity index (χ0v) is 30.2. The molecule has 4 aliphatic rings. The largest absolute Gasteiger partial charge is 0.482 e. The molecule has 52 heavy (non-hydrogen) atoms. The first kappa shape index (κ1) is 34.9. The molecule has 2 N–H and O–H groups in total. The number of amides is 2. The Kier molecular flexibility index (Phi) is 9.86. The highest BCUT2D eigenvalue weighted by Gasteiger charge is 2.30. The zero-order valence-electron chi connectivity index (χ0n) is 28.6. The molecule has 0 unspecified atom stereocenters. The minimum Gasteiger partial charge on any atom is -0.482 e. The number of β-amino-alcohol motifs (C(OH)–C–C–N with tert-alkyl or cyclic N) is 2. The molecule has 0 radical (unpaired) electrons. The monoisotopic (exact) mass is 742 g/mol. The van der Waals surface area contributed by atoms with Crippen molar-refractivity contribution >= 4 is 46.4 Å². The molecule has 4 heterocycles. The van der Waals surface area contributed by atoms with Crippen LogP contribution < -0.4 is 19.3 Å². The predicted octanol–water partition coefficient (Wildman–Crippen LogP) is 5.58. The van der Waals surface area contributed by atoms with E-state index in [2.05, 4.69) is 9.80 Å². The maximum absolute atomic E-state index is 12.8. The number of aliphatic hydroxyl groups excluding tert-OH is 2. The van der Waals surface area contributed by atoms with Gasteiger partial charge in [-0.25, -0.2) is 0 Å². The van der Waals surface area contributed by atoms with Crippen LogP contribution in [0.5, 0.6) is 11.5 Å². The molecule has 2 amide bonds. The van der Waals surface area contributed by atoms with E-state index in [1.165, 1.54) is 0 Å². The average Bonchev–Trinajstić information content (AvgIpc) is 3.77. The summed E-state index contributed by atoms with van der Waals surface area (Å²) in [6.07, 6.45) is 0.895. The van der Waals surface area contributed by atoms with Crippen molar-refractivity contribution < 1.29 is 29.3 Å². The zero-order chi connectivity index (χ0) is 35.9. The van der Waals surface area contributed by atoms with Crippen molar-refractivity contribution in [1.82, 2.24) is 9.80 Å². The highest BCUT2D eigenvalue weighted by Crippen LogP contribution is 2.45. The van der Waals surface area contributed by atoms with Gasteiger partial charge in [0.1, 0.15) is 11.5 Å². The Bertz CT molecular complexity index is 1880. The highest BCUT2D eigenvalue weighted by atomic mass is 35.5. The molecule has 4 aromatic carbocycles. The van der Waals surface area contributed by atoms with E-state index in [9.17, 15) is 19.8 Å². The van der Waals surface area contributed by atoms with Crippen molar-refractivity contribution in [3.63, 3.8) is 0 Å². The summed E-state index contributed by atoms with van der Waals surface area (Å²) >= 11 is 14.3. The van der Waals surface area contributed by atoms with Crippen molar-refractivity contribution in [3.05, 3.63) is 82.8 Å². The maximum Gasteiger partial charge on any atom is 0.265 e. The third-order valence-corrected chi connectivity index (χ3v) is 11.3. The summed E-state index contributed by atoms with van der Waals surface area (Å²) in [4.78, 5) is 33.6. The number of carbonyl (C=O) groups is 2. The Labute approximate surface area is 312 Å². The lowest BCUT2D eigenvalue weighted by atomic mass is 9.95. The van der Waals surface area contributed by atoms with E-state index in [0.717, 1.165) is 70.7 Å². The molecule has 2 saturated heterocycles. The van der Waals surface area contributed by atoms with Gasteiger partial charge in [-0.3, -0.25) is 19.4 Å². The van der Waals surface area contributed by atoms with Gasteiger partial charge in [-0.2, -0.15) is 0 Å². The third kappa shape index (κ3) is 6.87. The number of hydrogen-bond acceptors (Lipinski definition) is 8. The topological polar surface area (TPSA) is 106 Å². The van der Waals surface area contributed by atoms with Crippen LogP contribution in [0.4, 0.5) is 11.4 Å². The van der Waals surface area contributed by atoms with Crippen LogP contribution >= 0.6 is 23.2 Å². The molecular formula is C40H40Cl2N4O6. The molecule has 270 valence electrons. The summed E-state index contributed by atoms with van der Waals surface area (Å²) in [6.45, 7) is 5.21. The number of benzene rings is 4. The lowest BCUT2D eigenvalue weighted by Gasteiger charge is -2.31. The first-order valence-corrected chi connectivity index (χ1v) is 18.5. The Morgan fingerprint density at radius 2 is 1.02 bits per heavy atom. The fraction of sp³-hybridized carbons (Fsp3) is 0.350. The molecule has 0 aromatic heterocycles. The van der Waals surface area contributed by atoms with Crippen molar-refractivity contribution in [1.29, 1.82) is 0 Å². The summed E-state index contributed by atoms with van der Waals surface area (Å²) < 4.78 is 11.8. The lowest BCUT2D eigenvalue weighted by molar-refractivity contribution is -0.122. The van der Waals surface area contributed by atoms with Crippen LogP contribution in [0.25, 0.3) is 33.4 Å².